The first-order chi connectivity index (χ1) is 9.20. The topological polar surface area (TPSA) is 64.3 Å². The monoisotopic (exact) mass is 260 g/mol. The maximum absolute atomic E-state index is 11.1. The van der Waals surface area contributed by atoms with E-state index in [1.807, 2.05) is 31.2 Å². The fourth-order valence-corrected chi connectivity index (χ4v) is 2.14. The van der Waals surface area contributed by atoms with Gasteiger partial charge in [0.2, 0.25) is 0 Å². The largest absolute Gasteiger partial charge is 0.481 e. The number of carbonyl (C=O) groups excluding carboxylic acids is 1. The summed E-state index contributed by atoms with van der Waals surface area (Å²) >= 11 is 0. The van der Waals surface area contributed by atoms with E-state index in [0.717, 1.165) is 19.5 Å². The van der Waals surface area contributed by atoms with Gasteiger partial charge in [0, 0.05) is 6.54 Å². The van der Waals surface area contributed by atoms with Crippen molar-refractivity contribution in [3.63, 3.8) is 0 Å². The van der Waals surface area contributed by atoms with Crippen molar-refractivity contribution in [2.24, 2.45) is 5.73 Å². The predicted molar refractivity (Wildman–Crippen MR) is 75.8 cm³/mol. The highest BCUT2D eigenvalue weighted by Crippen LogP contribution is 2.23. The second-order valence-corrected chi connectivity index (χ2v) is 4.62. The quantitative estimate of drug-likeness (QED) is 0.847. The fraction of sp³-hybridized carbons (Fsp3) is 0.400. The van der Waals surface area contributed by atoms with Crippen LogP contribution in [0.1, 0.15) is 25.3 Å². The van der Waals surface area contributed by atoms with Gasteiger partial charge in [0.1, 0.15) is 5.75 Å². The van der Waals surface area contributed by atoms with Crippen molar-refractivity contribution < 1.29 is 9.53 Å². The van der Waals surface area contributed by atoms with Crippen molar-refractivity contribution in [1.29, 1.82) is 0 Å². The van der Waals surface area contributed by atoms with Crippen molar-refractivity contribution in [2.45, 2.75) is 25.9 Å². The summed E-state index contributed by atoms with van der Waals surface area (Å²) in [5.74, 6) is 0.261. The Hall–Kier alpha value is -1.81. The van der Waals surface area contributed by atoms with Crippen LogP contribution in [0.15, 0.2) is 30.3 Å². The molecule has 0 aliphatic carbocycles. The van der Waals surface area contributed by atoms with Crippen LogP contribution in [0.2, 0.25) is 0 Å². The highest BCUT2D eigenvalue weighted by Gasteiger charge is 2.14. The van der Waals surface area contributed by atoms with Crippen LogP contribution in [0.4, 0.5) is 0 Å². The van der Waals surface area contributed by atoms with E-state index in [-0.39, 0.29) is 0 Å². The van der Waals surface area contributed by atoms with E-state index in [2.05, 4.69) is 11.4 Å². The number of benzene rings is 1. The third-order valence-electron chi connectivity index (χ3n) is 3.26. The number of rotatable bonds is 5. The van der Waals surface area contributed by atoms with Gasteiger partial charge in [0.15, 0.2) is 6.10 Å². The molecule has 102 valence electrons. The van der Waals surface area contributed by atoms with Crippen LogP contribution in [0, 0.1) is 0 Å². The summed E-state index contributed by atoms with van der Waals surface area (Å²) in [6.45, 7) is 3.82. The average Bonchev–Trinajstić information content (AvgIpc) is 2.46. The summed E-state index contributed by atoms with van der Waals surface area (Å²) in [6, 6.07) is 7.84. The van der Waals surface area contributed by atoms with E-state index in [1.165, 1.54) is 11.1 Å². The average molecular weight is 260 g/mol. The van der Waals surface area contributed by atoms with Crippen molar-refractivity contribution in [3.05, 3.63) is 35.9 Å². The molecule has 3 N–H and O–H groups in total. The van der Waals surface area contributed by atoms with Gasteiger partial charge in [-0.2, -0.15) is 0 Å². The minimum Gasteiger partial charge on any atom is -0.481 e. The molecular formula is C15H20N2O2. The van der Waals surface area contributed by atoms with Crippen molar-refractivity contribution >= 4 is 11.5 Å². The number of nitrogens with one attached hydrogen (secondary N) is 1. The molecule has 19 heavy (non-hydrogen) atoms. The zero-order valence-electron chi connectivity index (χ0n) is 11.2. The van der Waals surface area contributed by atoms with Crippen molar-refractivity contribution in [3.8, 4) is 5.75 Å². The number of amides is 1. The van der Waals surface area contributed by atoms with Crippen molar-refractivity contribution in [2.75, 3.05) is 13.1 Å². The fourth-order valence-electron chi connectivity index (χ4n) is 2.14. The highest BCUT2D eigenvalue weighted by atomic mass is 16.5. The number of carbonyl (C=O) groups is 1. The first kappa shape index (κ1) is 13.6. The molecule has 1 atom stereocenters. The molecule has 1 aromatic rings. The van der Waals surface area contributed by atoms with Crippen LogP contribution in [-0.4, -0.2) is 25.1 Å². The third-order valence-corrected chi connectivity index (χ3v) is 3.26. The molecule has 4 heteroatoms. The Bertz CT molecular complexity index is 466. The molecule has 1 heterocycles. The number of primary amides is 1. The number of hydrogen-bond donors (Lipinski definition) is 2. The Kier molecular flexibility index (Phi) is 4.58. The summed E-state index contributed by atoms with van der Waals surface area (Å²) in [5.41, 5.74) is 7.83. The van der Waals surface area contributed by atoms with Gasteiger partial charge >= 0.3 is 0 Å². The Balaban J connectivity index is 2.05. The number of ether oxygens (including phenoxy) is 1. The zero-order chi connectivity index (χ0) is 13.7. The molecule has 1 aliphatic rings. The molecule has 0 saturated heterocycles. The van der Waals surface area contributed by atoms with E-state index < -0.39 is 12.0 Å². The minimum atomic E-state index is -0.552. The molecule has 0 spiro atoms. The molecule has 0 saturated carbocycles. The highest BCUT2D eigenvalue weighted by molar-refractivity contribution is 5.79. The summed E-state index contributed by atoms with van der Waals surface area (Å²) in [5, 5.41) is 3.29. The first-order valence-corrected chi connectivity index (χ1v) is 6.67. The van der Waals surface area contributed by atoms with Crippen LogP contribution in [-0.2, 0) is 4.79 Å². The van der Waals surface area contributed by atoms with Crippen LogP contribution < -0.4 is 15.8 Å². The lowest BCUT2D eigenvalue weighted by Gasteiger charge is -2.16. The molecule has 1 aliphatic heterocycles. The van der Waals surface area contributed by atoms with Crippen LogP contribution in [0.3, 0.4) is 0 Å². The smallest absolute Gasteiger partial charge is 0.258 e. The lowest BCUT2D eigenvalue weighted by molar-refractivity contribution is -0.124. The molecule has 0 radical (unpaired) electrons. The van der Waals surface area contributed by atoms with E-state index in [1.54, 1.807) is 0 Å². The molecule has 0 aromatic heterocycles. The molecule has 4 nitrogen and oxygen atoms in total. The molecular weight excluding hydrogens is 240 g/mol. The van der Waals surface area contributed by atoms with Gasteiger partial charge in [0.05, 0.1) is 0 Å². The zero-order valence-corrected chi connectivity index (χ0v) is 11.2. The van der Waals surface area contributed by atoms with Gasteiger partial charge in [0.25, 0.3) is 5.91 Å². The molecule has 0 bridgehead atoms. The van der Waals surface area contributed by atoms with E-state index in [0.29, 0.717) is 12.2 Å². The normalized spacial score (nSPS) is 16.6. The minimum absolute atomic E-state index is 0.423. The van der Waals surface area contributed by atoms with E-state index >= 15 is 0 Å². The van der Waals surface area contributed by atoms with E-state index in [9.17, 15) is 4.79 Å². The van der Waals surface area contributed by atoms with Gasteiger partial charge in [-0.25, -0.2) is 0 Å². The van der Waals surface area contributed by atoms with Gasteiger partial charge in [-0.05, 0) is 42.7 Å². The SMILES string of the molecule is CCC(Oc1ccc(C2=CCNCC2)cc1)C(N)=O. The summed E-state index contributed by atoms with van der Waals surface area (Å²) in [7, 11) is 0. The predicted octanol–water partition coefficient (Wildman–Crippen LogP) is 1.71. The molecule has 1 unspecified atom stereocenters. The van der Waals surface area contributed by atoms with Gasteiger partial charge in [-0.3, -0.25) is 4.79 Å². The Morgan fingerprint density at radius 3 is 2.68 bits per heavy atom. The van der Waals surface area contributed by atoms with Gasteiger partial charge < -0.3 is 15.8 Å². The van der Waals surface area contributed by atoms with Crippen LogP contribution >= 0.6 is 0 Å². The maximum atomic E-state index is 11.1. The summed E-state index contributed by atoms with van der Waals surface area (Å²) in [6.07, 6.45) is 3.27. The second kappa shape index (κ2) is 6.38. The third kappa shape index (κ3) is 3.58. The Morgan fingerprint density at radius 2 is 2.16 bits per heavy atom. The summed E-state index contributed by atoms with van der Waals surface area (Å²) in [4.78, 5) is 11.1. The Labute approximate surface area is 113 Å². The van der Waals surface area contributed by atoms with Gasteiger partial charge in [-0.15, -0.1) is 0 Å². The standard InChI is InChI=1S/C15H20N2O2/c1-2-14(15(16)18)19-13-5-3-11(4-6-13)12-7-9-17-10-8-12/h3-7,14,17H,2,8-10H2,1H3,(H2,16,18). The maximum Gasteiger partial charge on any atom is 0.258 e. The number of hydrogen-bond acceptors (Lipinski definition) is 3. The first-order valence-electron chi connectivity index (χ1n) is 6.67. The number of nitrogens with two attached hydrogens (primary N) is 1. The second-order valence-electron chi connectivity index (χ2n) is 4.62. The molecule has 1 amide bonds. The lowest BCUT2D eigenvalue weighted by atomic mass is 10.0. The summed E-state index contributed by atoms with van der Waals surface area (Å²) < 4.78 is 5.56. The lowest BCUT2D eigenvalue weighted by Crippen LogP contribution is -2.32. The Morgan fingerprint density at radius 1 is 1.42 bits per heavy atom. The molecule has 2 rings (SSSR count). The molecule has 0 fully saturated rings. The van der Waals surface area contributed by atoms with Crippen LogP contribution in [0.5, 0.6) is 5.75 Å². The van der Waals surface area contributed by atoms with Crippen molar-refractivity contribution in [1.82, 2.24) is 5.32 Å². The molecule has 1 aromatic carbocycles. The van der Waals surface area contributed by atoms with Gasteiger partial charge in [-0.1, -0.05) is 25.1 Å². The van der Waals surface area contributed by atoms with Crippen LogP contribution in [0.25, 0.3) is 5.57 Å². The van der Waals surface area contributed by atoms with E-state index in [4.69, 9.17) is 10.5 Å².